The molecule has 0 bridgehead atoms. The maximum atomic E-state index is 13.3. The highest BCUT2D eigenvalue weighted by atomic mass is 19.1. The van der Waals surface area contributed by atoms with Crippen LogP contribution in [0, 0.1) is 12.7 Å². The van der Waals surface area contributed by atoms with Crippen molar-refractivity contribution < 1.29 is 13.9 Å². The van der Waals surface area contributed by atoms with Crippen molar-refractivity contribution >= 4 is 12.1 Å². The van der Waals surface area contributed by atoms with Crippen molar-refractivity contribution in [1.29, 1.82) is 0 Å². The molecule has 25 heavy (non-hydrogen) atoms. The van der Waals surface area contributed by atoms with Crippen molar-refractivity contribution in [3.63, 3.8) is 0 Å². The number of amides is 1. The fraction of sp³-hybridized carbons (Fsp3) is 0.556. The Balaban J connectivity index is 1.87. The number of hydrogen-bond acceptors (Lipinski definition) is 3. The van der Waals surface area contributed by atoms with E-state index in [0.717, 1.165) is 5.56 Å². The van der Waals surface area contributed by atoms with Crippen LogP contribution in [0.15, 0.2) is 23.2 Å². The first-order chi connectivity index (χ1) is 11.7. The highest BCUT2D eigenvalue weighted by Gasteiger charge is 2.26. The van der Waals surface area contributed by atoms with Crippen LogP contribution in [0.5, 0.6) is 0 Å². The van der Waals surface area contributed by atoms with Gasteiger partial charge in [0, 0.05) is 26.2 Å². The van der Waals surface area contributed by atoms with E-state index in [1.54, 1.807) is 24.0 Å². The third-order valence-corrected chi connectivity index (χ3v) is 3.90. The van der Waals surface area contributed by atoms with Crippen LogP contribution in [0.3, 0.4) is 0 Å². The summed E-state index contributed by atoms with van der Waals surface area (Å²) in [6.45, 7) is 9.98. The molecule has 1 amide bonds. The van der Waals surface area contributed by atoms with Crippen molar-refractivity contribution in [1.82, 2.24) is 9.80 Å². The number of aryl methyl sites for hydroxylation is 1. The Morgan fingerprint density at radius 1 is 1.24 bits per heavy atom. The number of guanidine groups is 1. The van der Waals surface area contributed by atoms with Crippen LogP contribution in [-0.4, -0.2) is 53.6 Å². The Hall–Kier alpha value is -2.31. The molecule has 1 aromatic carbocycles. The number of halogens is 1. The van der Waals surface area contributed by atoms with E-state index in [0.29, 0.717) is 44.2 Å². The van der Waals surface area contributed by atoms with Crippen LogP contribution in [0.25, 0.3) is 0 Å². The first-order valence-electron chi connectivity index (χ1n) is 8.43. The maximum Gasteiger partial charge on any atom is 0.410 e. The fourth-order valence-corrected chi connectivity index (χ4v) is 2.52. The number of rotatable bonds is 2. The van der Waals surface area contributed by atoms with E-state index in [4.69, 9.17) is 10.5 Å². The Kier molecular flexibility index (Phi) is 5.87. The van der Waals surface area contributed by atoms with Crippen LogP contribution < -0.4 is 5.73 Å². The van der Waals surface area contributed by atoms with Crippen molar-refractivity contribution in [2.45, 2.75) is 39.8 Å². The van der Waals surface area contributed by atoms with Crippen molar-refractivity contribution in [3.05, 3.63) is 35.1 Å². The van der Waals surface area contributed by atoms with Crippen LogP contribution >= 0.6 is 0 Å². The molecule has 138 valence electrons. The number of benzene rings is 1. The summed E-state index contributed by atoms with van der Waals surface area (Å²) in [5, 5.41) is 0. The minimum Gasteiger partial charge on any atom is -0.444 e. The molecule has 0 saturated carbocycles. The quantitative estimate of drug-likeness (QED) is 0.657. The number of carbonyl (C=O) groups excluding carboxylic acids is 1. The molecular weight excluding hydrogens is 323 g/mol. The van der Waals surface area contributed by atoms with Crippen LogP contribution in [0.1, 0.15) is 31.9 Å². The maximum absolute atomic E-state index is 13.3. The van der Waals surface area contributed by atoms with Gasteiger partial charge in [0.2, 0.25) is 0 Å². The fourth-order valence-electron chi connectivity index (χ4n) is 2.52. The van der Waals surface area contributed by atoms with Crippen molar-refractivity contribution in [3.8, 4) is 0 Å². The average Bonchev–Trinajstić information content (AvgIpc) is 2.54. The first kappa shape index (κ1) is 19.0. The van der Waals surface area contributed by atoms with Gasteiger partial charge in [-0.1, -0.05) is 12.1 Å². The second-order valence-corrected chi connectivity index (χ2v) is 7.21. The Morgan fingerprint density at radius 2 is 1.84 bits per heavy atom. The standard InChI is InChI=1S/C18H27FN4O2/c1-13-11-14(5-6-15(13)19)12-21-16(20)22-7-9-23(10-8-22)17(24)25-18(2,3)4/h5-6,11H,7-10,12H2,1-4H3,(H2,20,21). The number of piperazine rings is 1. The molecule has 0 atom stereocenters. The molecule has 1 aliphatic rings. The summed E-state index contributed by atoms with van der Waals surface area (Å²) >= 11 is 0. The highest BCUT2D eigenvalue weighted by Crippen LogP contribution is 2.13. The molecule has 2 rings (SSSR count). The zero-order valence-corrected chi connectivity index (χ0v) is 15.4. The molecular formula is C18H27FN4O2. The first-order valence-corrected chi connectivity index (χ1v) is 8.43. The molecule has 1 fully saturated rings. The molecule has 1 saturated heterocycles. The van der Waals surface area contributed by atoms with E-state index in [2.05, 4.69) is 4.99 Å². The summed E-state index contributed by atoms with van der Waals surface area (Å²) < 4.78 is 18.7. The van der Waals surface area contributed by atoms with Gasteiger partial charge in [0.25, 0.3) is 0 Å². The largest absolute Gasteiger partial charge is 0.444 e. The Labute approximate surface area is 148 Å². The van der Waals surface area contributed by atoms with Gasteiger partial charge in [-0.3, -0.25) is 0 Å². The number of carbonyl (C=O) groups is 1. The molecule has 0 unspecified atom stereocenters. The summed E-state index contributed by atoms with van der Waals surface area (Å²) in [5.41, 5.74) is 7.06. The van der Waals surface area contributed by atoms with Gasteiger partial charge in [0.1, 0.15) is 11.4 Å². The lowest BCUT2D eigenvalue weighted by Gasteiger charge is -2.36. The van der Waals surface area contributed by atoms with Gasteiger partial charge in [-0.15, -0.1) is 0 Å². The Morgan fingerprint density at radius 3 is 2.40 bits per heavy atom. The normalized spacial score (nSPS) is 16.1. The van der Waals surface area contributed by atoms with E-state index < -0.39 is 5.60 Å². The number of aliphatic imine (C=N–C) groups is 1. The molecule has 1 heterocycles. The van der Waals surface area contributed by atoms with Crippen LogP contribution in [-0.2, 0) is 11.3 Å². The zero-order valence-electron chi connectivity index (χ0n) is 15.4. The van der Waals surface area contributed by atoms with Crippen molar-refractivity contribution in [2.24, 2.45) is 10.7 Å². The lowest BCUT2D eigenvalue weighted by Crippen LogP contribution is -2.53. The molecule has 1 aromatic rings. The lowest BCUT2D eigenvalue weighted by atomic mass is 10.1. The third kappa shape index (κ3) is 5.62. The summed E-state index contributed by atoms with van der Waals surface area (Å²) in [5.74, 6) is 0.213. The molecule has 0 aromatic heterocycles. The minimum absolute atomic E-state index is 0.223. The predicted molar refractivity (Wildman–Crippen MR) is 95.8 cm³/mol. The number of hydrogen-bond donors (Lipinski definition) is 1. The second kappa shape index (κ2) is 7.72. The molecule has 1 aliphatic heterocycles. The minimum atomic E-state index is -0.498. The lowest BCUT2D eigenvalue weighted by molar-refractivity contribution is 0.0186. The number of nitrogens with zero attached hydrogens (tertiary/aromatic N) is 3. The van der Waals surface area contributed by atoms with E-state index in [1.165, 1.54) is 6.07 Å². The molecule has 6 nitrogen and oxygen atoms in total. The van der Waals surface area contributed by atoms with Crippen LogP contribution in [0.4, 0.5) is 9.18 Å². The summed E-state index contributed by atoms with van der Waals surface area (Å²) in [4.78, 5) is 20.1. The number of nitrogens with two attached hydrogens (primary N) is 1. The van der Waals surface area contributed by atoms with Crippen LogP contribution in [0.2, 0.25) is 0 Å². The molecule has 0 radical (unpaired) electrons. The summed E-state index contributed by atoms with van der Waals surface area (Å²) in [6, 6.07) is 4.92. The predicted octanol–water partition coefficient (Wildman–Crippen LogP) is 2.50. The summed E-state index contributed by atoms with van der Waals surface area (Å²) in [7, 11) is 0. The number of ether oxygens (including phenoxy) is 1. The molecule has 7 heteroatoms. The monoisotopic (exact) mass is 350 g/mol. The van der Waals surface area contributed by atoms with E-state index in [9.17, 15) is 9.18 Å². The molecule has 2 N–H and O–H groups in total. The third-order valence-electron chi connectivity index (χ3n) is 3.90. The zero-order chi connectivity index (χ0) is 18.6. The van der Waals surface area contributed by atoms with E-state index in [1.807, 2.05) is 25.7 Å². The van der Waals surface area contributed by atoms with Crippen molar-refractivity contribution in [2.75, 3.05) is 26.2 Å². The van der Waals surface area contributed by atoms with Gasteiger partial charge < -0.3 is 20.3 Å². The summed E-state index contributed by atoms with van der Waals surface area (Å²) in [6.07, 6.45) is -0.301. The van der Waals surface area contributed by atoms with Gasteiger partial charge in [-0.05, 0) is 44.9 Å². The smallest absolute Gasteiger partial charge is 0.410 e. The molecule has 0 spiro atoms. The van der Waals surface area contributed by atoms with E-state index >= 15 is 0 Å². The molecule has 0 aliphatic carbocycles. The second-order valence-electron chi connectivity index (χ2n) is 7.21. The SMILES string of the molecule is Cc1cc(CN=C(N)N2CCN(C(=O)OC(C)(C)C)CC2)ccc1F. The highest BCUT2D eigenvalue weighted by molar-refractivity contribution is 5.78. The van der Waals surface area contributed by atoms with Gasteiger partial charge in [0.05, 0.1) is 6.54 Å². The van der Waals surface area contributed by atoms with Gasteiger partial charge in [-0.25, -0.2) is 14.2 Å². The Bertz CT molecular complexity index is 647. The topological polar surface area (TPSA) is 71.2 Å². The average molecular weight is 350 g/mol. The van der Waals surface area contributed by atoms with Gasteiger partial charge in [0.15, 0.2) is 5.96 Å². The van der Waals surface area contributed by atoms with E-state index in [-0.39, 0.29) is 11.9 Å². The van der Waals surface area contributed by atoms with Gasteiger partial charge in [-0.2, -0.15) is 0 Å². The van der Waals surface area contributed by atoms with Gasteiger partial charge >= 0.3 is 6.09 Å².